The van der Waals surface area contributed by atoms with Crippen LogP contribution in [-0.4, -0.2) is 60.9 Å². The second kappa shape index (κ2) is 12.6. The minimum Gasteiger partial charge on any atom is -0.497 e. The highest BCUT2D eigenvalue weighted by molar-refractivity contribution is 8.14. The van der Waals surface area contributed by atoms with Gasteiger partial charge in [-0.1, -0.05) is 42.1 Å². The molecule has 11 heteroatoms. The third-order valence-electron chi connectivity index (χ3n) is 6.62. The van der Waals surface area contributed by atoms with E-state index in [2.05, 4.69) is 19.9 Å². The minimum absolute atomic E-state index is 0.128. The maximum absolute atomic E-state index is 14.1. The molecule has 4 aromatic rings. The van der Waals surface area contributed by atoms with E-state index in [1.807, 2.05) is 61.7 Å². The van der Waals surface area contributed by atoms with Crippen molar-refractivity contribution in [3.8, 4) is 22.6 Å². The van der Waals surface area contributed by atoms with Gasteiger partial charge in [0, 0.05) is 41.8 Å². The van der Waals surface area contributed by atoms with Gasteiger partial charge in [0.05, 0.1) is 30.8 Å². The predicted octanol–water partition coefficient (Wildman–Crippen LogP) is 5.61. The molecule has 0 radical (unpaired) electrons. The minimum atomic E-state index is -3.98. The summed E-state index contributed by atoms with van der Waals surface area (Å²) in [6.07, 6.45) is 6.89. The summed E-state index contributed by atoms with van der Waals surface area (Å²) in [5, 5.41) is 0.419. The molecular formula is C30H31N5O4S2. The van der Waals surface area contributed by atoms with E-state index < -0.39 is 10.0 Å². The highest BCUT2D eigenvalue weighted by atomic mass is 32.2. The van der Waals surface area contributed by atoms with Crippen molar-refractivity contribution in [3.63, 3.8) is 0 Å². The van der Waals surface area contributed by atoms with Gasteiger partial charge in [0.15, 0.2) is 5.17 Å². The first-order chi connectivity index (χ1) is 20.0. The molecule has 1 aromatic heterocycles. The number of nitrogens with zero attached hydrogens (tertiary/aromatic N) is 5. The molecule has 2 heterocycles. The summed E-state index contributed by atoms with van der Waals surface area (Å²) in [7, 11) is -2.38. The number of rotatable bonds is 8. The number of methoxy groups -OCH3 is 1. The van der Waals surface area contributed by atoms with Crippen molar-refractivity contribution in [2.75, 3.05) is 38.0 Å². The number of anilines is 2. The molecule has 0 amide bonds. The van der Waals surface area contributed by atoms with Crippen molar-refractivity contribution in [2.45, 2.75) is 18.4 Å². The van der Waals surface area contributed by atoms with E-state index in [-0.39, 0.29) is 11.4 Å². The Kier molecular flexibility index (Phi) is 8.75. The second-order valence-corrected chi connectivity index (χ2v) is 11.7. The van der Waals surface area contributed by atoms with Crippen molar-refractivity contribution >= 4 is 38.3 Å². The van der Waals surface area contributed by atoms with Crippen molar-refractivity contribution in [2.24, 2.45) is 4.99 Å². The lowest BCUT2D eigenvalue weighted by Gasteiger charge is -2.33. The summed E-state index contributed by atoms with van der Waals surface area (Å²) in [5.41, 5.74) is 4.43. The van der Waals surface area contributed by atoms with E-state index in [9.17, 15) is 8.42 Å². The van der Waals surface area contributed by atoms with Crippen LogP contribution in [0.2, 0.25) is 0 Å². The number of hydrogen-bond donors (Lipinski definition) is 0. The van der Waals surface area contributed by atoms with Crippen LogP contribution < -0.4 is 14.4 Å². The molecule has 3 aromatic carbocycles. The zero-order chi connectivity index (χ0) is 28.8. The number of sulfonamides is 1. The van der Waals surface area contributed by atoms with Crippen LogP contribution >= 0.6 is 11.8 Å². The fourth-order valence-corrected chi connectivity index (χ4v) is 7.04. The summed E-state index contributed by atoms with van der Waals surface area (Å²) in [5.74, 6) is 1.20. The van der Waals surface area contributed by atoms with Crippen molar-refractivity contribution in [1.29, 1.82) is 0 Å². The molecule has 5 rings (SSSR count). The van der Waals surface area contributed by atoms with Gasteiger partial charge in [-0.15, -0.1) is 0 Å². The average Bonchev–Trinajstić information content (AvgIpc) is 3.02. The molecule has 1 aliphatic heterocycles. The fraction of sp³-hybridized carbons (Fsp3) is 0.233. The smallest absolute Gasteiger partial charge is 0.266 e. The molecule has 9 nitrogen and oxygen atoms in total. The first-order valence-corrected chi connectivity index (χ1v) is 15.8. The van der Waals surface area contributed by atoms with Crippen molar-refractivity contribution < 1.29 is 17.9 Å². The van der Waals surface area contributed by atoms with Crippen LogP contribution in [0.3, 0.4) is 0 Å². The Bertz CT molecular complexity index is 1630. The molecule has 212 valence electrons. The van der Waals surface area contributed by atoms with Crippen LogP contribution in [-0.2, 0) is 16.6 Å². The molecule has 0 spiro atoms. The molecule has 0 atom stereocenters. The van der Waals surface area contributed by atoms with Crippen LogP contribution in [0.5, 0.6) is 11.5 Å². The topological polar surface area (TPSA) is 97.2 Å². The Morgan fingerprint density at radius 2 is 1.83 bits per heavy atom. The number of aromatic nitrogens is 2. The fourth-order valence-electron chi connectivity index (χ4n) is 4.66. The van der Waals surface area contributed by atoms with E-state index in [0.29, 0.717) is 36.4 Å². The number of para-hydroxylation sites is 1. The largest absolute Gasteiger partial charge is 0.497 e. The van der Waals surface area contributed by atoms with Gasteiger partial charge in [0.25, 0.3) is 10.0 Å². The molecule has 0 saturated carbocycles. The lowest BCUT2D eigenvalue weighted by Crippen LogP contribution is -2.35. The van der Waals surface area contributed by atoms with Gasteiger partial charge in [-0.2, -0.15) is 0 Å². The Morgan fingerprint density at radius 1 is 1.07 bits per heavy atom. The molecule has 0 bridgehead atoms. The molecular weight excluding hydrogens is 558 g/mol. The van der Waals surface area contributed by atoms with Crippen molar-refractivity contribution in [3.05, 3.63) is 91.0 Å². The number of fused-ring (bicyclic) bond motifs is 1. The lowest BCUT2D eigenvalue weighted by atomic mass is 10.0. The first-order valence-electron chi connectivity index (χ1n) is 13.1. The highest BCUT2D eigenvalue weighted by Gasteiger charge is 2.30. The van der Waals surface area contributed by atoms with E-state index in [4.69, 9.17) is 9.47 Å². The SMILES string of the molecule is CC/N=C(\SC)N(Cc1ccc(OC)cc1)S(=O)(=O)c1ccc2c(c1)OCCN2c1ccccc1-c1cncnc1. The average molecular weight is 590 g/mol. The van der Waals surface area contributed by atoms with E-state index in [0.717, 1.165) is 28.1 Å². The number of hydrogen-bond acceptors (Lipinski definition) is 9. The quantitative estimate of drug-likeness (QED) is 0.193. The number of aliphatic imine (C=N–C) groups is 1. The van der Waals surface area contributed by atoms with E-state index in [1.54, 1.807) is 37.7 Å². The Balaban J connectivity index is 1.52. The van der Waals surface area contributed by atoms with Crippen LogP contribution in [0.15, 0.2) is 95.3 Å². The van der Waals surface area contributed by atoms with Crippen LogP contribution in [0.4, 0.5) is 11.4 Å². The summed E-state index contributed by atoms with van der Waals surface area (Å²) in [6, 6.07) is 20.4. The molecule has 0 fully saturated rings. The number of amidine groups is 1. The Hall–Kier alpha value is -4.09. The molecule has 0 saturated heterocycles. The molecule has 41 heavy (non-hydrogen) atoms. The van der Waals surface area contributed by atoms with Crippen LogP contribution in [0.1, 0.15) is 12.5 Å². The van der Waals surface area contributed by atoms with Crippen LogP contribution in [0.25, 0.3) is 11.1 Å². The summed E-state index contributed by atoms with van der Waals surface area (Å²) in [4.78, 5) is 15.1. The van der Waals surface area contributed by atoms with E-state index in [1.165, 1.54) is 22.4 Å². The zero-order valence-corrected chi connectivity index (χ0v) is 24.7. The Morgan fingerprint density at radius 3 is 2.54 bits per heavy atom. The highest BCUT2D eigenvalue weighted by Crippen LogP contribution is 2.42. The second-order valence-electron chi connectivity index (χ2n) is 9.09. The molecule has 0 aliphatic carbocycles. The number of thioether (sulfide) groups is 1. The van der Waals surface area contributed by atoms with Gasteiger partial charge in [-0.05, 0) is 49.1 Å². The van der Waals surface area contributed by atoms with Gasteiger partial charge in [-0.25, -0.2) is 22.7 Å². The number of benzene rings is 3. The van der Waals surface area contributed by atoms with Crippen LogP contribution in [0, 0.1) is 0 Å². The van der Waals surface area contributed by atoms with Gasteiger partial charge in [0.1, 0.15) is 24.4 Å². The summed E-state index contributed by atoms with van der Waals surface area (Å²) < 4.78 is 40.9. The lowest BCUT2D eigenvalue weighted by molar-refractivity contribution is 0.313. The zero-order valence-electron chi connectivity index (χ0n) is 23.1. The summed E-state index contributed by atoms with van der Waals surface area (Å²) >= 11 is 1.30. The monoisotopic (exact) mass is 589 g/mol. The van der Waals surface area contributed by atoms with Gasteiger partial charge >= 0.3 is 0 Å². The third-order valence-corrected chi connectivity index (χ3v) is 9.19. The van der Waals surface area contributed by atoms with Gasteiger partial charge < -0.3 is 14.4 Å². The standard InChI is InChI=1S/C30H31N5O4S2/c1-4-33-30(40-3)35(20-22-9-11-24(38-2)12-10-22)41(36,37)25-13-14-28-29(17-25)39-16-15-34(28)27-8-6-5-7-26(27)23-18-31-21-32-19-23/h5-14,17-19,21H,4,15-16,20H2,1-3H3/b33-30-. The van der Waals surface area contributed by atoms with Gasteiger partial charge in [-0.3, -0.25) is 4.99 Å². The maximum atomic E-state index is 14.1. The third kappa shape index (κ3) is 6.01. The molecule has 0 N–H and O–H groups in total. The first kappa shape index (κ1) is 28.4. The van der Waals surface area contributed by atoms with E-state index >= 15 is 0 Å². The predicted molar refractivity (Wildman–Crippen MR) is 164 cm³/mol. The normalized spacial score (nSPS) is 13.3. The summed E-state index contributed by atoms with van der Waals surface area (Å²) in [6.45, 7) is 3.48. The van der Waals surface area contributed by atoms with Gasteiger partial charge in [0.2, 0.25) is 0 Å². The maximum Gasteiger partial charge on any atom is 0.266 e. The van der Waals surface area contributed by atoms with Crippen molar-refractivity contribution in [1.82, 2.24) is 14.3 Å². The molecule has 1 aliphatic rings. The molecule has 0 unspecified atom stereocenters. The Labute approximate surface area is 244 Å². The number of ether oxygens (including phenoxy) is 2.